The number of aromatic nitrogens is 1. The summed E-state index contributed by atoms with van der Waals surface area (Å²) in [6.07, 6.45) is 0. The third-order valence-electron chi connectivity index (χ3n) is 2.78. The fourth-order valence-electron chi connectivity index (χ4n) is 1.81. The van der Waals surface area contributed by atoms with Crippen LogP contribution >= 0.6 is 11.6 Å². The van der Waals surface area contributed by atoms with Gasteiger partial charge in [0.2, 0.25) is 0 Å². The van der Waals surface area contributed by atoms with E-state index >= 15 is 0 Å². The Kier molecular flexibility index (Phi) is 3.87. The molecule has 0 atom stereocenters. The lowest BCUT2D eigenvalue weighted by Crippen LogP contribution is -2.15. The van der Waals surface area contributed by atoms with Crippen molar-refractivity contribution in [2.24, 2.45) is 0 Å². The molecule has 0 saturated carbocycles. The molecular weight excluding hydrogens is 298 g/mol. The first kappa shape index (κ1) is 14.6. The molecule has 0 fully saturated rings. The van der Waals surface area contributed by atoms with E-state index in [2.05, 4.69) is 9.71 Å². The van der Waals surface area contributed by atoms with Crippen LogP contribution in [-0.4, -0.2) is 13.4 Å². The summed E-state index contributed by atoms with van der Waals surface area (Å²) in [6.45, 7) is 3.37. The minimum atomic E-state index is -3.68. The van der Waals surface area contributed by atoms with Crippen LogP contribution in [0.5, 0.6) is 0 Å². The summed E-state index contributed by atoms with van der Waals surface area (Å²) >= 11 is 5.75. The molecule has 3 N–H and O–H groups in total. The lowest BCUT2D eigenvalue weighted by atomic mass is 10.2. The molecule has 0 saturated heterocycles. The maximum Gasteiger partial charge on any atom is 0.262 e. The molecule has 0 aliphatic heterocycles. The molecule has 7 heteroatoms. The standard InChI is InChI=1S/C13H14ClN3O2S/c1-8-7-10(15)3-5-12(8)20(18,19)17-11-4-6-13(14)16-9(11)2/h3-7,17H,15H2,1-2H3. The number of hydrogen-bond acceptors (Lipinski definition) is 4. The first-order valence-corrected chi connectivity index (χ1v) is 7.68. The average Bonchev–Trinajstić information content (AvgIpc) is 2.32. The fourth-order valence-corrected chi connectivity index (χ4v) is 3.35. The van der Waals surface area contributed by atoms with Crippen LogP contribution in [0.2, 0.25) is 5.15 Å². The Morgan fingerprint density at radius 2 is 1.90 bits per heavy atom. The van der Waals surface area contributed by atoms with Gasteiger partial charge >= 0.3 is 0 Å². The Hall–Kier alpha value is -1.79. The summed E-state index contributed by atoms with van der Waals surface area (Å²) in [7, 11) is -3.68. The average molecular weight is 312 g/mol. The molecule has 5 nitrogen and oxygen atoms in total. The van der Waals surface area contributed by atoms with Crippen molar-refractivity contribution >= 4 is 33.0 Å². The molecule has 106 valence electrons. The van der Waals surface area contributed by atoms with Gasteiger partial charge in [0.05, 0.1) is 16.3 Å². The van der Waals surface area contributed by atoms with Crippen molar-refractivity contribution in [3.05, 3.63) is 46.7 Å². The molecule has 1 heterocycles. The summed E-state index contributed by atoms with van der Waals surface area (Å²) in [4.78, 5) is 4.19. The van der Waals surface area contributed by atoms with E-state index in [1.54, 1.807) is 32.0 Å². The number of nitrogens with zero attached hydrogens (tertiary/aromatic N) is 1. The maximum atomic E-state index is 12.4. The van der Waals surface area contributed by atoms with Crippen molar-refractivity contribution in [3.8, 4) is 0 Å². The summed E-state index contributed by atoms with van der Waals surface area (Å²) in [5.41, 5.74) is 7.63. The van der Waals surface area contributed by atoms with Gasteiger partial charge in [-0.05, 0) is 49.7 Å². The molecule has 20 heavy (non-hydrogen) atoms. The minimum Gasteiger partial charge on any atom is -0.399 e. The van der Waals surface area contributed by atoms with Crippen molar-refractivity contribution in [1.29, 1.82) is 0 Å². The van der Waals surface area contributed by atoms with Crippen LogP contribution in [0.3, 0.4) is 0 Å². The van der Waals surface area contributed by atoms with Gasteiger partial charge in [0.15, 0.2) is 0 Å². The zero-order valence-electron chi connectivity index (χ0n) is 11.0. The van der Waals surface area contributed by atoms with Crippen LogP contribution < -0.4 is 10.5 Å². The topological polar surface area (TPSA) is 85.1 Å². The van der Waals surface area contributed by atoms with E-state index in [1.165, 1.54) is 12.1 Å². The number of sulfonamides is 1. The number of nitrogens with one attached hydrogen (secondary N) is 1. The Morgan fingerprint density at radius 1 is 1.20 bits per heavy atom. The molecular formula is C13H14ClN3O2S. The second-order valence-electron chi connectivity index (χ2n) is 4.40. The van der Waals surface area contributed by atoms with E-state index in [1.807, 2.05) is 0 Å². The van der Waals surface area contributed by atoms with Gasteiger partial charge in [-0.2, -0.15) is 0 Å². The minimum absolute atomic E-state index is 0.182. The molecule has 0 bridgehead atoms. The fraction of sp³-hybridized carbons (Fsp3) is 0.154. The van der Waals surface area contributed by atoms with Crippen LogP contribution in [0.1, 0.15) is 11.3 Å². The van der Waals surface area contributed by atoms with Gasteiger partial charge in [-0.1, -0.05) is 11.6 Å². The second kappa shape index (κ2) is 5.30. The SMILES string of the molecule is Cc1cc(N)ccc1S(=O)(=O)Nc1ccc(Cl)nc1C. The Labute approximate surface area is 122 Å². The van der Waals surface area contributed by atoms with Crippen molar-refractivity contribution in [2.75, 3.05) is 10.5 Å². The Balaban J connectivity index is 2.41. The normalized spacial score (nSPS) is 11.3. The van der Waals surface area contributed by atoms with E-state index in [9.17, 15) is 8.42 Å². The molecule has 0 spiro atoms. The lowest BCUT2D eigenvalue weighted by molar-refractivity contribution is 0.600. The highest BCUT2D eigenvalue weighted by Crippen LogP contribution is 2.23. The number of pyridine rings is 1. The highest BCUT2D eigenvalue weighted by Gasteiger charge is 2.18. The molecule has 0 amide bonds. The zero-order valence-corrected chi connectivity index (χ0v) is 12.6. The monoisotopic (exact) mass is 311 g/mol. The van der Waals surface area contributed by atoms with E-state index in [-0.39, 0.29) is 4.90 Å². The number of aryl methyl sites for hydroxylation is 2. The van der Waals surface area contributed by atoms with Crippen LogP contribution in [0.25, 0.3) is 0 Å². The van der Waals surface area contributed by atoms with Crippen molar-refractivity contribution in [2.45, 2.75) is 18.7 Å². The van der Waals surface area contributed by atoms with E-state index in [4.69, 9.17) is 17.3 Å². The van der Waals surface area contributed by atoms with Crippen LogP contribution in [-0.2, 0) is 10.0 Å². The van der Waals surface area contributed by atoms with Gasteiger partial charge in [0, 0.05) is 5.69 Å². The van der Waals surface area contributed by atoms with Gasteiger partial charge in [-0.15, -0.1) is 0 Å². The third kappa shape index (κ3) is 3.02. The summed E-state index contributed by atoms with van der Waals surface area (Å²) < 4.78 is 27.2. The molecule has 1 aromatic carbocycles. The Morgan fingerprint density at radius 3 is 2.50 bits per heavy atom. The molecule has 0 aliphatic rings. The molecule has 0 unspecified atom stereocenters. The molecule has 2 aromatic rings. The number of benzene rings is 1. The maximum absolute atomic E-state index is 12.4. The summed E-state index contributed by atoms with van der Waals surface area (Å²) in [5.74, 6) is 0. The van der Waals surface area contributed by atoms with E-state index < -0.39 is 10.0 Å². The van der Waals surface area contributed by atoms with Gasteiger partial charge in [-0.3, -0.25) is 4.72 Å². The van der Waals surface area contributed by atoms with Gasteiger partial charge in [0.1, 0.15) is 5.15 Å². The highest BCUT2D eigenvalue weighted by atomic mass is 35.5. The van der Waals surface area contributed by atoms with E-state index in [0.29, 0.717) is 27.8 Å². The predicted octanol–water partition coefficient (Wildman–Crippen LogP) is 2.73. The van der Waals surface area contributed by atoms with Gasteiger partial charge in [0.25, 0.3) is 10.0 Å². The van der Waals surface area contributed by atoms with Crippen molar-refractivity contribution < 1.29 is 8.42 Å². The smallest absolute Gasteiger partial charge is 0.262 e. The first-order valence-electron chi connectivity index (χ1n) is 5.82. The molecule has 2 rings (SSSR count). The van der Waals surface area contributed by atoms with Crippen molar-refractivity contribution in [3.63, 3.8) is 0 Å². The van der Waals surface area contributed by atoms with Crippen LogP contribution in [0, 0.1) is 13.8 Å². The third-order valence-corrected chi connectivity index (χ3v) is 4.52. The highest BCUT2D eigenvalue weighted by molar-refractivity contribution is 7.92. The summed E-state index contributed by atoms with van der Waals surface area (Å²) in [6, 6.07) is 7.75. The molecule has 1 aromatic heterocycles. The number of nitrogens with two attached hydrogens (primary N) is 1. The molecule has 0 radical (unpaired) electrons. The predicted molar refractivity (Wildman–Crippen MR) is 80.4 cm³/mol. The van der Waals surface area contributed by atoms with Crippen LogP contribution in [0.4, 0.5) is 11.4 Å². The number of rotatable bonds is 3. The quantitative estimate of drug-likeness (QED) is 0.674. The second-order valence-corrected chi connectivity index (χ2v) is 6.44. The molecule has 0 aliphatic carbocycles. The van der Waals surface area contributed by atoms with Crippen molar-refractivity contribution in [1.82, 2.24) is 4.98 Å². The number of halogens is 1. The largest absolute Gasteiger partial charge is 0.399 e. The first-order chi connectivity index (χ1) is 9.29. The van der Waals surface area contributed by atoms with Gasteiger partial charge in [-0.25, -0.2) is 13.4 Å². The van der Waals surface area contributed by atoms with E-state index in [0.717, 1.165) is 0 Å². The van der Waals surface area contributed by atoms with Crippen LogP contribution in [0.15, 0.2) is 35.2 Å². The Bertz CT molecular complexity index is 760. The summed E-state index contributed by atoms with van der Waals surface area (Å²) in [5, 5.41) is 0.314. The number of anilines is 2. The van der Waals surface area contributed by atoms with Gasteiger partial charge < -0.3 is 5.73 Å². The zero-order chi connectivity index (χ0) is 14.9. The number of nitrogen functional groups attached to an aromatic ring is 1. The lowest BCUT2D eigenvalue weighted by Gasteiger charge is -2.12. The number of hydrogen-bond donors (Lipinski definition) is 2.